The number of aromatic hydroxyl groups is 1. The minimum atomic E-state index is -3.85. The molecule has 2 aromatic carbocycles. The average molecular weight is 389 g/mol. The molecule has 2 rings (SSSR count). The van der Waals surface area contributed by atoms with E-state index in [2.05, 4.69) is 15.2 Å². The number of hydrogen-bond donors (Lipinski definition) is 3. The lowest BCUT2D eigenvalue weighted by atomic mass is 10.1. The Morgan fingerprint density at radius 3 is 2.33 bits per heavy atom. The molecule has 7 nitrogen and oxygen atoms in total. The summed E-state index contributed by atoms with van der Waals surface area (Å²) in [6.45, 7) is 5.32. The Labute approximate surface area is 159 Å². The van der Waals surface area contributed by atoms with E-state index in [4.69, 9.17) is 0 Å². The molecular formula is C19H23N3O4S. The quantitative estimate of drug-likeness (QED) is 0.498. The van der Waals surface area contributed by atoms with E-state index in [1.807, 2.05) is 6.92 Å². The van der Waals surface area contributed by atoms with Crippen LogP contribution in [0.25, 0.3) is 0 Å². The number of carbonyl (C=O) groups excluding carboxylic acids is 1. The molecule has 1 atom stereocenters. The molecule has 27 heavy (non-hydrogen) atoms. The summed E-state index contributed by atoms with van der Waals surface area (Å²) in [6, 6.07) is 11.9. The van der Waals surface area contributed by atoms with Crippen molar-refractivity contribution < 1.29 is 18.3 Å². The number of hydrogen-bond acceptors (Lipinski definition) is 5. The molecule has 0 saturated heterocycles. The summed E-state index contributed by atoms with van der Waals surface area (Å²) in [4.78, 5) is 12.5. The number of nitrogens with one attached hydrogen (secondary N) is 2. The molecule has 0 aliphatic heterocycles. The Kier molecular flexibility index (Phi) is 6.70. The van der Waals surface area contributed by atoms with E-state index in [0.717, 1.165) is 5.56 Å². The number of phenolic OH excluding ortho intramolecular Hbond substituents is 1. The first kappa shape index (κ1) is 20.6. The normalized spacial score (nSPS) is 13.0. The van der Waals surface area contributed by atoms with Gasteiger partial charge in [-0.25, -0.2) is 13.8 Å². The molecule has 0 aliphatic carbocycles. The molecule has 0 aliphatic rings. The zero-order chi connectivity index (χ0) is 20.0. The van der Waals surface area contributed by atoms with Gasteiger partial charge in [0.05, 0.1) is 11.1 Å². The molecule has 0 aromatic heterocycles. The van der Waals surface area contributed by atoms with Crippen LogP contribution in [0.2, 0.25) is 0 Å². The standard InChI is InChI=1S/C19H23N3O4S/c1-13(2)18(22-27(25,26)16-10-8-14(3)9-11-16)19(24)21-20-12-15-6-4-5-7-17(15)23/h4-13,18,22-23H,1-3H3,(H,21,24)/b20-12-/t18-/m0/s1. The van der Waals surface area contributed by atoms with Crippen LogP contribution in [0.3, 0.4) is 0 Å². The molecule has 0 unspecified atom stereocenters. The minimum absolute atomic E-state index is 0.0241. The van der Waals surface area contributed by atoms with E-state index in [9.17, 15) is 18.3 Å². The summed E-state index contributed by atoms with van der Waals surface area (Å²) in [5.41, 5.74) is 3.68. The summed E-state index contributed by atoms with van der Waals surface area (Å²) in [7, 11) is -3.85. The molecule has 144 valence electrons. The van der Waals surface area contributed by atoms with Gasteiger partial charge in [0.25, 0.3) is 5.91 Å². The lowest BCUT2D eigenvalue weighted by Crippen LogP contribution is -2.48. The van der Waals surface area contributed by atoms with Crippen molar-refractivity contribution in [2.75, 3.05) is 0 Å². The number of phenols is 1. The summed E-state index contributed by atoms with van der Waals surface area (Å²) in [5, 5.41) is 13.5. The fraction of sp³-hybridized carbons (Fsp3) is 0.263. The van der Waals surface area contributed by atoms with Crippen molar-refractivity contribution in [2.24, 2.45) is 11.0 Å². The van der Waals surface area contributed by atoms with Crippen LogP contribution in [0.4, 0.5) is 0 Å². The molecule has 0 bridgehead atoms. The fourth-order valence-electron chi connectivity index (χ4n) is 2.28. The first-order chi connectivity index (χ1) is 12.7. The van der Waals surface area contributed by atoms with Gasteiger partial charge < -0.3 is 5.11 Å². The predicted octanol–water partition coefficient (Wildman–Crippen LogP) is 2.15. The van der Waals surface area contributed by atoms with Crippen molar-refractivity contribution >= 4 is 22.1 Å². The van der Waals surface area contributed by atoms with E-state index in [0.29, 0.717) is 5.56 Å². The minimum Gasteiger partial charge on any atom is -0.507 e. The van der Waals surface area contributed by atoms with Gasteiger partial charge in [-0.1, -0.05) is 43.7 Å². The van der Waals surface area contributed by atoms with Crippen molar-refractivity contribution in [3.63, 3.8) is 0 Å². The van der Waals surface area contributed by atoms with Gasteiger partial charge in [-0.15, -0.1) is 0 Å². The Balaban J connectivity index is 2.11. The van der Waals surface area contributed by atoms with Crippen molar-refractivity contribution in [1.29, 1.82) is 0 Å². The highest BCUT2D eigenvalue weighted by molar-refractivity contribution is 7.89. The van der Waals surface area contributed by atoms with Gasteiger partial charge in [0, 0.05) is 5.56 Å². The Morgan fingerprint density at radius 2 is 1.74 bits per heavy atom. The lowest BCUT2D eigenvalue weighted by molar-refractivity contribution is -0.123. The fourth-order valence-corrected chi connectivity index (χ4v) is 3.62. The smallest absolute Gasteiger partial charge is 0.258 e. The lowest BCUT2D eigenvalue weighted by Gasteiger charge is -2.20. The highest BCUT2D eigenvalue weighted by Crippen LogP contribution is 2.14. The van der Waals surface area contributed by atoms with Gasteiger partial charge in [-0.05, 0) is 37.1 Å². The van der Waals surface area contributed by atoms with Gasteiger partial charge in [0.15, 0.2) is 0 Å². The molecule has 0 fully saturated rings. The molecule has 0 spiro atoms. The van der Waals surface area contributed by atoms with Crippen LogP contribution in [0, 0.1) is 12.8 Å². The van der Waals surface area contributed by atoms with Crippen molar-refractivity contribution in [3.05, 3.63) is 59.7 Å². The van der Waals surface area contributed by atoms with Gasteiger partial charge in [0.1, 0.15) is 11.8 Å². The van der Waals surface area contributed by atoms with Crippen molar-refractivity contribution in [1.82, 2.24) is 10.1 Å². The molecule has 0 heterocycles. The van der Waals surface area contributed by atoms with E-state index >= 15 is 0 Å². The third-order valence-electron chi connectivity index (χ3n) is 3.88. The van der Waals surface area contributed by atoms with Crippen LogP contribution in [0.1, 0.15) is 25.0 Å². The van der Waals surface area contributed by atoms with E-state index in [1.165, 1.54) is 24.4 Å². The van der Waals surface area contributed by atoms with Crippen LogP contribution >= 0.6 is 0 Å². The van der Waals surface area contributed by atoms with Gasteiger partial charge in [-0.3, -0.25) is 4.79 Å². The number of aryl methyl sites for hydroxylation is 1. The van der Waals surface area contributed by atoms with Crippen LogP contribution in [0.5, 0.6) is 5.75 Å². The number of amides is 1. The number of benzene rings is 2. The maximum atomic E-state index is 12.5. The Morgan fingerprint density at radius 1 is 1.11 bits per heavy atom. The topological polar surface area (TPSA) is 108 Å². The third kappa shape index (κ3) is 5.63. The first-order valence-corrected chi connectivity index (χ1v) is 9.89. The van der Waals surface area contributed by atoms with Crippen LogP contribution in [0.15, 0.2) is 58.5 Å². The maximum absolute atomic E-state index is 12.5. The summed E-state index contributed by atoms with van der Waals surface area (Å²) < 4.78 is 27.5. The average Bonchev–Trinajstić information content (AvgIpc) is 2.61. The molecule has 3 N–H and O–H groups in total. The van der Waals surface area contributed by atoms with Gasteiger partial charge >= 0.3 is 0 Å². The Hall–Kier alpha value is -2.71. The molecule has 0 saturated carbocycles. The summed E-state index contributed by atoms with van der Waals surface area (Å²) in [5.74, 6) is -0.867. The number of carbonyl (C=O) groups is 1. The number of nitrogens with zero attached hydrogens (tertiary/aromatic N) is 1. The third-order valence-corrected chi connectivity index (χ3v) is 5.33. The highest BCUT2D eigenvalue weighted by Gasteiger charge is 2.28. The molecule has 8 heteroatoms. The summed E-state index contributed by atoms with van der Waals surface area (Å²) in [6.07, 6.45) is 1.29. The number of hydrazone groups is 1. The SMILES string of the molecule is Cc1ccc(S(=O)(=O)N[C@H](C(=O)N/N=C\c2ccccc2O)C(C)C)cc1. The second-order valence-electron chi connectivity index (χ2n) is 6.45. The zero-order valence-corrected chi connectivity index (χ0v) is 16.2. The predicted molar refractivity (Wildman–Crippen MR) is 104 cm³/mol. The molecular weight excluding hydrogens is 366 g/mol. The molecule has 0 radical (unpaired) electrons. The maximum Gasteiger partial charge on any atom is 0.258 e. The highest BCUT2D eigenvalue weighted by atomic mass is 32.2. The second kappa shape index (κ2) is 8.79. The van der Waals surface area contributed by atoms with Crippen LogP contribution in [-0.2, 0) is 14.8 Å². The van der Waals surface area contributed by atoms with Crippen LogP contribution < -0.4 is 10.1 Å². The van der Waals surface area contributed by atoms with Crippen molar-refractivity contribution in [3.8, 4) is 5.75 Å². The van der Waals surface area contributed by atoms with E-state index < -0.39 is 22.0 Å². The van der Waals surface area contributed by atoms with Gasteiger partial charge in [0.2, 0.25) is 10.0 Å². The first-order valence-electron chi connectivity index (χ1n) is 8.40. The monoisotopic (exact) mass is 389 g/mol. The molecule has 1 amide bonds. The summed E-state index contributed by atoms with van der Waals surface area (Å²) >= 11 is 0. The largest absolute Gasteiger partial charge is 0.507 e. The van der Waals surface area contributed by atoms with Gasteiger partial charge in [-0.2, -0.15) is 9.82 Å². The number of para-hydroxylation sites is 1. The van der Waals surface area contributed by atoms with E-state index in [1.54, 1.807) is 44.2 Å². The number of sulfonamides is 1. The van der Waals surface area contributed by atoms with Crippen LogP contribution in [-0.4, -0.2) is 31.7 Å². The van der Waals surface area contributed by atoms with E-state index in [-0.39, 0.29) is 16.6 Å². The molecule has 2 aromatic rings. The number of rotatable bonds is 7. The van der Waals surface area contributed by atoms with Crippen molar-refractivity contribution in [2.45, 2.75) is 31.7 Å². The zero-order valence-electron chi connectivity index (χ0n) is 15.4. The second-order valence-corrected chi connectivity index (χ2v) is 8.16. The Bertz CT molecular complexity index is 922.